The minimum Gasteiger partial charge on any atom is -0.122 e. The lowest BCUT2D eigenvalue weighted by Crippen LogP contribution is -1.79. The number of hydrogen-bond donors (Lipinski definition) is 0. The number of hydrogen-bond acceptors (Lipinski definition) is 0. The molecule has 0 heterocycles. The van der Waals surface area contributed by atoms with Crippen LogP contribution in [0.15, 0.2) is 30.3 Å². The first-order valence-electron chi connectivity index (χ1n) is 3.99. The van der Waals surface area contributed by atoms with Gasteiger partial charge in [-0.25, -0.2) is 0 Å². The molecule has 0 radical (unpaired) electrons. The van der Waals surface area contributed by atoms with Crippen molar-refractivity contribution >= 4 is 11.6 Å². The third-order valence-electron chi connectivity index (χ3n) is 2.46. The molecule has 0 aromatic heterocycles. The highest BCUT2D eigenvalue weighted by Crippen LogP contribution is 2.51. The standard InChI is InChI=1S/C10H11Cl/c1-7-9(10(7)11)8-5-3-2-4-6-8/h2-7,9-10H,1H3/t7-,9+,10?/m1/s1. The average Bonchev–Trinajstić information content (AvgIpc) is 2.62. The van der Waals surface area contributed by atoms with Crippen molar-refractivity contribution in [1.82, 2.24) is 0 Å². The third-order valence-corrected chi connectivity index (χ3v) is 3.12. The molecule has 0 aliphatic heterocycles. The summed E-state index contributed by atoms with van der Waals surface area (Å²) in [6, 6.07) is 10.5. The largest absolute Gasteiger partial charge is 0.122 e. The molecular weight excluding hydrogens is 156 g/mol. The molecule has 1 fully saturated rings. The van der Waals surface area contributed by atoms with Crippen molar-refractivity contribution in [3.63, 3.8) is 0 Å². The van der Waals surface area contributed by atoms with Gasteiger partial charge in [0.05, 0.1) is 0 Å². The molecular formula is C10H11Cl. The van der Waals surface area contributed by atoms with Crippen LogP contribution in [-0.2, 0) is 0 Å². The van der Waals surface area contributed by atoms with Crippen molar-refractivity contribution < 1.29 is 0 Å². The van der Waals surface area contributed by atoms with Gasteiger partial charge in [0.25, 0.3) is 0 Å². The fraction of sp³-hybridized carbons (Fsp3) is 0.400. The van der Waals surface area contributed by atoms with Crippen LogP contribution in [0.2, 0.25) is 0 Å². The maximum Gasteiger partial charge on any atom is 0.0439 e. The van der Waals surface area contributed by atoms with E-state index in [9.17, 15) is 0 Å². The van der Waals surface area contributed by atoms with E-state index in [0.717, 1.165) is 0 Å². The van der Waals surface area contributed by atoms with Crippen LogP contribution in [-0.4, -0.2) is 5.38 Å². The molecule has 11 heavy (non-hydrogen) atoms. The summed E-state index contributed by atoms with van der Waals surface area (Å²) in [6.45, 7) is 2.20. The minimum atomic E-state index is 0.373. The molecule has 1 aliphatic rings. The van der Waals surface area contributed by atoms with E-state index in [1.54, 1.807) is 0 Å². The highest BCUT2D eigenvalue weighted by Gasteiger charge is 2.45. The maximum atomic E-state index is 6.04. The summed E-state index contributed by atoms with van der Waals surface area (Å²) in [7, 11) is 0. The molecule has 58 valence electrons. The Morgan fingerprint density at radius 3 is 2.18 bits per heavy atom. The monoisotopic (exact) mass is 166 g/mol. The van der Waals surface area contributed by atoms with Gasteiger partial charge in [-0.05, 0) is 11.5 Å². The van der Waals surface area contributed by atoms with E-state index >= 15 is 0 Å². The molecule has 0 bridgehead atoms. The molecule has 1 aliphatic carbocycles. The molecule has 0 saturated heterocycles. The van der Waals surface area contributed by atoms with Crippen LogP contribution < -0.4 is 0 Å². The zero-order chi connectivity index (χ0) is 7.84. The van der Waals surface area contributed by atoms with Gasteiger partial charge >= 0.3 is 0 Å². The van der Waals surface area contributed by atoms with Crippen molar-refractivity contribution in [3.05, 3.63) is 35.9 Å². The van der Waals surface area contributed by atoms with Crippen molar-refractivity contribution in [2.75, 3.05) is 0 Å². The van der Waals surface area contributed by atoms with Crippen LogP contribution >= 0.6 is 11.6 Å². The summed E-state index contributed by atoms with van der Waals surface area (Å²) in [5, 5.41) is 0.373. The van der Waals surface area contributed by atoms with Crippen LogP contribution in [0.1, 0.15) is 18.4 Å². The van der Waals surface area contributed by atoms with Crippen LogP contribution in [0.4, 0.5) is 0 Å². The Labute approximate surface area is 72.2 Å². The highest BCUT2D eigenvalue weighted by molar-refractivity contribution is 6.23. The number of halogens is 1. The fourth-order valence-corrected chi connectivity index (χ4v) is 2.02. The molecule has 0 spiro atoms. The van der Waals surface area contributed by atoms with E-state index in [1.807, 2.05) is 6.07 Å². The summed E-state index contributed by atoms with van der Waals surface area (Å²) in [4.78, 5) is 0. The Morgan fingerprint density at radius 1 is 1.18 bits per heavy atom. The molecule has 3 atom stereocenters. The molecule has 0 amide bonds. The average molecular weight is 167 g/mol. The van der Waals surface area contributed by atoms with Gasteiger partial charge in [0.2, 0.25) is 0 Å². The Balaban J connectivity index is 2.20. The van der Waals surface area contributed by atoms with E-state index < -0.39 is 0 Å². The maximum absolute atomic E-state index is 6.04. The first kappa shape index (κ1) is 7.17. The Morgan fingerprint density at radius 2 is 1.73 bits per heavy atom. The van der Waals surface area contributed by atoms with Gasteiger partial charge in [0, 0.05) is 11.3 Å². The predicted octanol–water partition coefficient (Wildman–Crippen LogP) is 3.03. The zero-order valence-corrected chi connectivity index (χ0v) is 7.25. The predicted molar refractivity (Wildman–Crippen MR) is 48.0 cm³/mol. The third kappa shape index (κ3) is 1.16. The summed E-state index contributed by atoms with van der Waals surface area (Å²) in [5.41, 5.74) is 1.39. The van der Waals surface area contributed by atoms with E-state index in [2.05, 4.69) is 31.2 Å². The van der Waals surface area contributed by atoms with Gasteiger partial charge in [-0.15, -0.1) is 11.6 Å². The number of alkyl halides is 1. The van der Waals surface area contributed by atoms with Gasteiger partial charge in [-0.2, -0.15) is 0 Å². The Bertz CT molecular complexity index is 234. The van der Waals surface area contributed by atoms with Gasteiger partial charge in [-0.3, -0.25) is 0 Å². The molecule has 1 aromatic carbocycles. The SMILES string of the molecule is C[C@H]1C(Cl)[C@@H]1c1ccccc1. The van der Waals surface area contributed by atoms with Crippen molar-refractivity contribution in [3.8, 4) is 0 Å². The summed E-state index contributed by atoms with van der Waals surface area (Å²) in [6.07, 6.45) is 0. The first-order valence-corrected chi connectivity index (χ1v) is 4.43. The second kappa shape index (κ2) is 2.53. The lowest BCUT2D eigenvalue weighted by molar-refractivity contribution is 0.915. The van der Waals surface area contributed by atoms with Gasteiger partial charge in [0.1, 0.15) is 0 Å². The quantitative estimate of drug-likeness (QED) is 0.563. The van der Waals surface area contributed by atoms with E-state index in [1.165, 1.54) is 5.56 Å². The van der Waals surface area contributed by atoms with E-state index in [0.29, 0.717) is 17.2 Å². The van der Waals surface area contributed by atoms with E-state index in [-0.39, 0.29) is 0 Å². The van der Waals surface area contributed by atoms with Crippen molar-refractivity contribution in [1.29, 1.82) is 0 Å². The topological polar surface area (TPSA) is 0 Å². The second-order valence-electron chi connectivity index (χ2n) is 3.24. The van der Waals surface area contributed by atoms with Gasteiger partial charge < -0.3 is 0 Å². The molecule has 2 rings (SSSR count). The van der Waals surface area contributed by atoms with Crippen LogP contribution in [0.25, 0.3) is 0 Å². The smallest absolute Gasteiger partial charge is 0.0439 e. The summed E-state index contributed by atoms with van der Waals surface area (Å²) >= 11 is 6.04. The summed E-state index contributed by atoms with van der Waals surface area (Å²) < 4.78 is 0. The first-order chi connectivity index (χ1) is 5.30. The van der Waals surface area contributed by atoms with Crippen LogP contribution in [0, 0.1) is 5.92 Å². The number of benzene rings is 1. The molecule has 0 N–H and O–H groups in total. The Kier molecular flexibility index (Phi) is 1.65. The van der Waals surface area contributed by atoms with Crippen LogP contribution in [0.5, 0.6) is 0 Å². The molecule has 1 aromatic rings. The van der Waals surface area contributed by atoms with Crippen molar-refractivity contribution in [2.45, 2.75) is 18.2 Å². The minimum absolute atomic E-state index is 0.373. The van der Waals surface area contributed by atoms with Gasteiger partial charge in [0.15, 0.2) is 0 Å². The highest BCUT2D eigenvalue weighted by atomic mass is 35.5. The normalized spacial score (nSPS) is 35.3. The number of rotatable bonds is 1. The lowest BCUT2D eigenvalue weighted by atomic mass is 10.1. The van der Waals surface area contributed by atoms with Crippen molar-refractivity contribution in [2.24, 2.45) is 5.92 Å². The van der Waals surface area contributed by atoms with Crippen LogP contribution in [0.3, 0.4) is 0 Å². The fourth-order valence-electron chi connectivity index (χ4n) is 1.58. The summed E-state index contributed by atoms with van der Waals surface area (Å²) in [5.74, 6) is 1.27. The Hall–Kier alpha value is -0.490. The second-order valence-corrected chi connectivity index (χ2v) is 3.74. The molecule has 1 unspecified atom stereocenters. The molecule has 0 nitrogen and oxygen atoms in total. The lowest BCUT2D eigenvalue weighted by Gasteiger charge is -1.94. The van der Waals surface area contributed by atoms with E-state index in [4.69, 9.17) is 11.6 Å². The zero-order valence-electron chi connectivity index (χ0n) is 6.50. The molecule has 1 heteroatoms. The molecule has 1 saturated carbocycles. The van der Waals surface area contributed by atoms with Gasteiger partial charge in [-0.1, -0.05) is 37.3 Å².